The smallest absolute Gasteiger partial charge is 0.222 e. The van der Waals surface area contributed by atoms with Crippen LogP contribution < -0.4 is 5.32 Å². The Balaban J connectivity index is 1.98. The number of carbonyl (C=O) groups excluding carboxylic acids is 1. The van der Waals surface area contributed by atoms with Crippen LogP contribution in [0.2, 0.25) is 0 Å². The number of hydrogen-bond donors (Lipinski definition) is 1. The molecular formula is C13H27N3O. The highest BCUT2D eigenvalue weighted by Crippen LogP contribution is 2.13. The van der Waals surface area contributed by atoms with Gasteiger partial charge in [-0.25, -0.2) is 0 Å². The molecule has 1 N–H and O–H groups in total. The molecule has 1 atom stereocenters. The molecule has 4 heteroatoms. The van der Waals surface area contributed by atoms with Crippen LogP contribution >= 0.6 is 0 Å². The highest BCUT2D eigenvalue weighted by Gasteiger charge is 2.16. The van der Waals surface area contributed by atoms with Crippen molar-refractivity contribution in [3.05, 3.63) is 0 Å². The van der Waals surface area contributed by atoms with Crippen molar-refractivity contribution in [2.45, 2.75) is 25.7 Å². The third-order valence-electron chi connectivity index (χ3n) is 3.40. The molecule has 100 valence electrons. The monoisotopic (exact) mass is 241 g/mol. The summed E-state index contributed by atoms with van der Waals surface area (Å²) in [7, 11) is 5.82. The largest absolute Gasteiger partial charge is 0.349 e. The topological polar surface area (TPSA) is 35.6 Å². The van der Waals surface area contributed by atoms with Crippen molar-refractivity contribution in [1.29, 1.82) is 0 Å². The van der Waals surface area contributed by atoms with E-state index in [1.807, 2.05) is 14.1 Å². The summed E-state index contributed by atoms with van der Waals surface area (Å²) in [5, 5.41) is 3.47. The molecule has 0 spiro atoms. The summed E-state index contributed by atoms with van der Waals surface area (Å²) in [6.07, 6.45) is 4.26. The molecule has 4 nitrogen and oxygen atoms in total. The van der Waals surface area contributed by atoms with Crippen molar-refractivity contribution in [3.8, 4) is 0 Å². The summed E-state index contributed by atoms with van der Waals surface area (Å²) in [4.78, 5) is 15.4. The molecule has 0 saturated carbocycles. The van der Waals surface area contributed by atoms with E-state index in [0.717, 1.165) is 25.4 Å². The van der Waals surface area contributed by atoms with Crippen LogP contribution in [-0.4, -0.2) is 63.0 Å². The molecule has 0 aromatic rings. The molecule has 1 fully saturated rings. The van der Waals surface area contributed by atoms with Gasteiger partial charge in [0.05, 0.1) is 0 Å². The Kier molecular flexibility index (Phi) is 6.52. The molecular weight excluding hydrogens is 214 g/mol. The zero-order chi connectivity index (χ0) is 12.7. The zero-order valence-corrected chi connectivity index (χ0v) is 11.5. The van der Waals surface area contributed by atoms with Crippen molar-refractivity contribution in [2.75, 3.05) is 47.3 Å². The predicted molar refractivity (Wildman–Crippen MR) is 71.0 cm³/mol. The first-order chi connectivity index (χ1) is 8.09. The molecule has 0 aliphatic carbocycles. The summed E-state index contributed by atoms with van der Waals surface area (Å²) >= 11 is 0. The fourth-order valence-electron chi connectivity index (χ4n) is 2.33. The third kappa shape index (κ3) is 6.03. The van der Waals surface area contributed by atoms with Crippen LogP contribution in [0.1, 0.15) is 25.7 Å². The molecule has 1 rings (SSSR count). The van der Waals surface area contributed by atoms with E-state index >= 15 is 0 Å². The van der Waals surface area contributed by atoms with E-state index in [-0.39, 0.29) is 5.91 Å². The molecule has 1 unspecified atom stereocenters. The Morgan fingerprint density at radius 3 is 2.88 bits per heavy atom. The Morgan fingerprint density at radius 2 is 2.24 bits per heavy atom. The summed E-state index contributed by atoms with van der Waals surface area (Å²) in [6.45, 7) is 4.51. The second-order valence-corrected chi connectivity index (χ2v) is 5.37. The SMILES string of the molecule is CN1CCCC(CNCCCC(=O)N(C)C)C1. The Bertz CT molecular complexity index is 231. The number of nitrogens with zero attached hydrogens (tertiary/aromatic N) is 2. The van der Waals surface area contributed by atoms with Crippen LogP contribution in [0.25, 0.3) is 0 Å². The first-order valence-corrected chi connectivity index (χ1v) is 6.69. The van der Waals surface area contributed by atoms with Crippen LogP contribution in [0.5, 0.6) is 0 Å². The standard InChI is InChI=1S/C13H27N3O/c1-15(2)13(17)7-4-8-14-10-12-6-5-9-16(3)11-12/h12,14H,4-11H2,1-3H3. The Labute approximate surface area is 105 Å². The van der Waals surface area contributed by atoms with Gasteiger partial charge >= 0.3 is 0 Å². The third-order valence-corrected chi connectivity index (χ3v) is 3.40. The molecule has 17 heavy (non-hydrogen) atoms. The van der Waals surface area contributed by atoms with Crippen LogP contribution in [0.3, 0.4) is 0 Å². The number of amides is 1. The number of carbonyl (C=O) groups is 1. The van der Waals surface area contributed by atoms with Gasteiger partial charge in [-0.3, -0.25) is 4.79 Å². The molecule has 0 radical (unpaired) electrons. The van der Waals surface area contributed by atoms with E-state index in [0.29, 0.717) is 6.42 Å². The van der Waals surface area contributed by atoms with Crippen molar-refractivity contribution < 1.29 is 4.79 Å². The lowest BCUT2D eigenvalue weighted by Gasteiger charge is -2.29. The lowest BCUT2D eigenvalue weighted by Crippen LogP contribution is -2.37. The molecule has 1 aliphatic rings. The molecule has 0 bridgehead atoms. The normalized spacial score (nSPS) is 21.5. The fraction of sp³-hybridized carbons (Fsp3) is 0.923. The van der Waals surface area contributed by atoms with Gasteiger partial charge < -0.3 is 15.1 Å². The molecule has 1 aliphatic heterocycles. The van der Waals surface area contributed by atoms with Crippen molar-refractivity contribution in [2.24, 2.45) is 5.92 Å². The van der Waals surface area contributed by atoms with Gasteiger partial charge in [0.25, 0.3) is 0 Å². The van der Waals surface area contributed by atoms with Gasteiger partial charge in [-0.15, -0.1) is 0 Å². The van der Waals surface area contributed by atoms with Crippen molar-refractivity contribution >= 4 is 5.91 Å². The number of rotatable bonds is 6. The van der Waals surface area contributed by atoms with E-state index in [4.69, 9.17) is 0 Å². The Morgan fingerprint density at radius 1 is 1.47 bits per heavy atom. The molecule has 1 heterocycles. The average Bonchev–Trinajstić information content (AvgIpc) is 2.28. The van der Waals surface area contributed by atoms with Gasteiger partial charge in [-0.05, 0) is 51.9 Å². The van der Waals surface area contributed by atoms with Crippen LogP contribution in [-0.2, 0) is 4.79 Å². The zero-order valence-electron chi connectivity index (χ0n) is 11.5. The van der Waals surface area contributed by atoms with E-state index in [9.17, 15) is 4.79 Å². The minimum absolute atomic E-state index is 0.226. The lowest BCUT2D eigenvalue weighted by molar-refractivity contribution is -0.128. The highest BCUT2D eigenvalue weighted by atomic mass is 16.2. The Hall–Kier alpha value is -0.610. The first-order valence-electron chi connectivity index (χ1n) is 6.69. The minimum atomic E-state index is 0.226. The lowest BCUT2D eigenvalue weighted by atomic mass is 9.98. The highest BCUT2D eigenvalue weighted by molar-refractivity contribution is 5.75. The van der Waals surface area contributed by atoms with Gasteiger partial charge in [-0.2, -0.15) is 0 Å². The van der Waals surface area contributed by atoms with Crippen molar-refractivity contribution in [3.63, 3.8) is 0 Å². The molecule has 0 aromatic carbocycles. The minimum Gasteiger partial charge on any atom is -0.349 e. The second kappa shape index (κ2) is 7.67. The van der Waals surface area contributed by atoms with Crippen LogP contribution in [0.15, 0.2) is 0 Å². The maximum Gasteiger partial charge on any atom is 0.222 e. The van der Waals surface area contributed by atoms with E-state index in [1.54, 1.807) is 4.90 Å². The summed E-state index contributed by atoms with van der Waals surface area (Å²) in [6, 6.07) is 0. The van der Waals surface area contributed by atoms with Crippen molar-refractivity contribution in [1.82, 2.24) is 15.1 Å². The van der Waals surface area contributed by atoms with Crippen LogP contribution in [0, 0.1) is 5.92 Å². The van der Waals surface area contributed by atoms with Gasteiger partial charge in [0.1, 0.15) is 0 Å². The van der Waals surface area contributed by atoms with Gasteiger partial charge in [-0.1, -0.05) is 0 Å². The van der Waals surface area contributed by atoms with E-state index in [2.05, 4.69) is 17.3 Å². The first kappa shape index (κ1) is 14.5. The van der Waals surface area contributed by atoms with Gasteiger partial charge in [0.2, 0.25) is 5.91 Å². The number of nitrogens with one attached hydrogen (secondary N) is 1. The number of piperidine rings is 1. The van der Waals surface area contributed by atoms with E-state index < -0.39 is 0 Å². The number of likely N-dealkylation sites (tertiary alicyclic amines) is 1. The molecule has 0 aromatic heterocycles. The second-order valence-electron chi connectivity index (χ2n) is 5.37. The summed E-state index contributed by atoms with van der Waals surface area (Å²) in [5.74, 6) is 1.02. The van der Waals surface area contributed by atoms with Crippen LogP contribution in [0.4, 0.5) is 0 Å². The summed E-state index contributed by atoms with van der Waals surface area (Å²) < 4.78 is 0. The summed E-state index contributed by atoms with van der Waals surface area (Å²) in [5.41, 5.74) is 0. The maximum atomic E-state index is 11.3. The number of hydrogen-bond acceptors (Lipinski definition) is 3. The molecule has 1 saturated heterocycles. The van der Waals surface area contributed by atoms with E-state index in [1.165, 1.54) is 25.9 Å². The quantitative estimate of drug-likeness (QED) is 0.698. The average molecular weight is 241 g/mol. The van der Waals surface area contributed by atoms with Gasteiger partial charge in [0.15, 0.2) is 0 Å². The maximum absolute atomic E-state index is 11.3. The predicted octanol–water partition coefficient (Wildman–Crippen LogP) is 0.786. The van der Waals surface area contributed by atoms with Gasteiger partial charge in [0, 0.05) is 27.1 Å². The fourth-order valence-corrected chi connectivity index (χ4v) is 2.33. The molecule has 1 amide bonds.